The highest BCUT2D eigenvalue weighted by molar-refractivity contribution is 7.51. The van der Waals surface area contributed by atoms with E-state index in [-0.39, 0.29) is 6.16 Å². The van der Waals surface area contributed by atoms with Crippen LogP contribution in [0, 0.1) is 13.8 Å². The number of ether oxygens (including phenoxy) is 1. The summed E-state index contributed by atoms with van der Waals surface area (Å²) in [4.78, 5) is 26.9. The van der Waals surface area contributed by atoms with Crippen molar-refractivity contribution in [2.45, 2.75) is 39.5 Å². The van der Waals surface area contributed by atoms with E-state index in [4.69, 9.17) is 20.3 Å². The number of pyridine rings is 2. The molecule has 0 spiro atoms. The van der Waals surface area contributed by atoms with Gasteiger partial charge in [0.25, 0.3) is 0 Å². The number of aryl methyl sites for hydroxylation is 4. The van der Waals surface area contributed by atoms with Crippen molar-refractivity contribution in [2.75, 3.05) is 18.5 Å². The maximum Gasteiger partial charge on any atom is 0.325 e. The summed E-state index contributed by atoms with van der Waals surface area (Å²) in [6.45, 7) is 4.55. The first kappa shape index (κ1) is 24.1. The summed E-state index contributed by atoms with van der Waals surface area (Å²) in [7, 11) is -3.93. The smallest absolute Gasteiger partial charge is 0.325 e. The lowest BCUT2D eigenvalue weighted by Crippen LogP contribution is -2.02. The molecule has 2 heterocycles. The van der Waals surface area contributed by atoms with Crippen molar-refractivity contribution in [2.24, 2.45) is 0 Å². The molecule has 4 N–H and O–H groups in total. The number of nitrogen functional groups attached to an aromatic ring is 1. The van der Waals surface area contributed by atoms with E-state index in [1.807, 2.05) is 19.1 Å². The minimum absolute atomic E-state index is 0.103. The van der Waals surface area contributed by atoms with Gasteiger partial charge in [0.05, 0.1) is 12.1 Å². The van der Waals surface area contributed by atoms with Crippen LogP contribution in [-0.2, 0) is 17.4 Å². The lowest BCUT2D eigenvalue weighted by molar-refractivity contribution is 0.306. The van der Waals surface area contributed by atoms with Crippen LogP contribution in [0.3, 0.4) is 0 Å². The second kappa shape index (κ2) is 10.1. The number of fused-ring (bicyclic) bond motifs is 3. The molecule has 2 aromatic heterocycles. The summed E-state index contributed by atoms with van der Waals surface area (Å²) in [5, 5.41) is 2.13. The molecule has 34 heavy (non-hydrogen) atoms. The topological polar surface area (TPSA) is 119 Å². The van der Waals surface area contributed by atoms with Crippen molar-refractivity contribution >= 4 is 35.2 Å². The zero-order valence-electron chi connectivity index (χ0n) is 19.5. The van der Waals surface area contributed by atoms with Gasteiger partial charge in [0.1, 0.15) is 11.3 Å². The number of hydrogen-bond acceptors (Lipinski definition) is 5. The van der Waals surface area contributed by atoms with E-state index in [9.17, 15) is 4.57 Å². The third kappa shape index (κ3) is 5.73. The Hall–Kier alpha value is -2.99. The van der Waals surface area contributed by atoms with Crippen molar-refractivity contribution in [3.8, 4) is 5.75 Å². The third-order valence-corrected chi connectivity index (χ3v) is 6.93. The highest BCUT2D eigenvalue weighted by Crippen LogP contribution is 2.35. The van der Waals surface area contributed by atoms with E-state index < -0.39 is 7.60 Å². The van der Waals surface area contributed by atoms with Crippen molar-refractivity contribution < 1.29 is 19.1 Å². The van der Waals surface area contributed by atoms with E-state index in [1.165, 1.54) is 11.1 Å². The zero-order valence-corrected chi connectivity index (χ0v) is 20.4. The van der Waals surface area contributed by atoms with Crippen LogP contribution < -0.4 is 10.5 Å². The predicted octanol–water partition coefficient (Wildman–Crippen LogP) is 5.10. The van der Waals surface area contributed by atoms with Gasteiger partial charge in [-0.1, -0.05) is 18.2 Å². The molecule has 0 bridgehead atoms. The van der Waals surface area contributed by atoms with Crippen LogP contribution in [0.2, 0.25) is 0 Å². The van der Waals surface area contributed by atoms with E-state index >= 15 is 0 Å². The van der Waals surface area contributed by atoms with Gasteiger partial charge in [-0.2, -0.15) is 0 Å². The fourth-order valence-electron chi connectivity index (χ4n) is 4.25. The molecule has 8 heteroatoms. The monoisotopic (exact) mass is 479 g/mol. The van der Waals surface area contributed by atoms with E-state index in [0.29, 0.717) is 25.3 Å². The third-order valence-electron chi connectivity index (χ3n) is 6.03. The second-order valence-corrected chi connectivity index (χ2v) is 10.5. The molecule has 0 aliphatic carbocycles. The molecule has 0 aliphatic rings. The molecule has 0 atom stereocenters. The van der Waals surface area contributed by atoms with Crippen molar-refractivity contribution in [3.05, 3.63) is 70.9 Å². The molecule has 0 fully saturated rings. The maximum absolute atomic E-state index is 10.9. The van der Waals surface area contributed by atoms with Gasteiger partial charge >= 0.3 is 7.60 Å². The Labute approximate surface area is 199 Å². The van der Waals surface area contributed by atoms with Gasteiger partial charge in [0.15, 0.2) is 5.82 Å². The van der Waals surface area contributed by atoms with E-state index in [0.717, 1.165) is 51.5 Å². The largest absolute Gasteiger partial charge is 0.494 e. The molecular formula is C26H30N3O4P. The summed E-state index contributed by atoms with van der Waals surface area (Å²) >= 11 is 0. The molecule has 0 amide bonds. The minimum Gasteiger partial charge on any atom is -0.494 e. The second-order valence-electron chi connectivity index (χ2n) is 8.74. The Balaban J connectivity index is 1.48. The Bertz CT molecular complexity index is 1380. The number of benzene rings is 2. The van der Waals surface area contributed by atoms with Gasteiger partial charge in [-0.25, -0.2) is 4.98 Å². The van der Waals surface area contributed by atoms with Crippen LogP contribution >= 0.6 is 7.60 Å². The van der Waals surface area contributed by atoms with E-state index in [1.54, 1.807) is 6.20 Å². The number of nitrogens with two attached hydrogens (primary N) is 1. The van der Waals surface area contributed by atoms with Crippen LogP contribution in [0.4, 0.5) is 5.82 Å². The number of rotatable bonds is 9. The highest BCUT2D eigenvalue weighted by atomic mass is 31.2. The number of nitrogens with zero attached hydrogens (tertiary/aromatic N) is 2. The molecule has 0 saturated heterocycles. The highest BCUT2D eigenvalue weighted by Gasteiger charge is 2.13. The first-order valence-electron chi connectivity index (χ1n) is 11.4. The lowest BCUT2D eigenvalue weighted by Gasteiger charge is -2.13. The first-order chi connectivity index (χ1) is 16.2. The molecular weight excluding hydrogens is 449 g/mol. The maximum atomic E-state index is 10.9. The summed E-state index contributed by atoms with van der Waals surface area (Å²) < 4.78 is 16.7. The Morgan fingerprint density at radius 3 is 2.56 bits per heavy atom. The molecule has 4 rings (SSSR count). The molecule has 4 aromatic rings. The number of aromatic nitrogens is 2. The molecule has 178 valence electrons. The predicted molar refractivity (Wildman–Crippen MR) is 136 cm³/mol. The van der Waals surface area contributed by atoms with Gasteiger partial charge in [-0.15, -0.1) is 0 Å². The summed E-state index contributed by atoms with van der Waals surface area (Å²) in [5.74, 6) is 1.22. The molecule has 7 nitrogen and oxygen atoms in total. The lowest BCUT2D eigenvalue weighted by atomic mass is 9.96. The standard InChI is InChI=1S/C26H30N3O4P/c1-17-5-10-22-23(15-17)29-26(27)25-24(22)20(11-12-28-25)7-6-19-8-9-21(16-18(19)2)33-13-3-4-14-34(30,31)32/h5,8-12,15-16H,3-4,6-7,13-14H2,1-2H3,(H2,27,29)(H2,30,31,32). The van der Waals surface area contributed by atoms with Crippen LogP contribution in [0.25, 0.3) is 21.8 Å². The van der Waals surface area contributed by atoms with Crippen molar-refractivity contribution in [1.82, 2.24) is 9.97 Å². The first-order valence-corrected chi connectivity index (χ1v) is 13.2. The quantitative estimate of drug-likeness (QED) is 0.174. The average Bonchev–Trinajstić information content (AvgIpc) is 2.77. The van der Waals surface area contributed by atoms with Gasteiger partial charge < -0.3 is 20.3 Å². The van der Waals surface area contributed by atoms with Crippen LogP contribution in [0.5, 0.6) is 5.75 Å². The molecule has 0 saturated carbocycles. The Morgan fingerprint density at radius 2 is 1.79 bits per heavy atom. The van der Waals surface area contributed by atoms with Crippen LogP contribution in [0.1, 0.15) is 35.1 Å². The van der Waals surface area contributed by atoms with Crippen LogP contribution in [0.15, 0.2) is 48.7 Å². The number of anilines is 1. The Morgan fingerprint density at radius 1 is 1.00 bits per heavy atom. The average molecular weight is 480 g/mol. The van der Waals surface area contributed by atoms with Crippen molar-refractivity contribution in [1.29, 1.82) is 0 Å². The fourth-order valence-corrected chi connectivity index (χ4v) is 4.89. The van der Waals surface area contributed by atoms with Gasteiger partial charge in [0.2, 0.25) is 0 Å². The summed E-state index contributed by atoms with van der Waals surface area (Å²) in [6, 6.07) is 14.4. The zero-order chi connectivity index (χ0) is 24.3. The van der Waals surface area contributed by atoms with Gasteiger partial charge in [0, 0.05) is 23.1 Å². The Kier molecular flexibility index (Phi) is 7.17. The van der Waals surface area contributed by atoms with Crippen molar-refractivity contribution in [3.63, 3.8) is 0 Å². The fraction of sp³-hybridized carbons (Fsp3) is 0.308. The van der Waals surface area contributed by atoms with Gasteiger partial charge in [-0.3, -0.25) is 9.55 Å². The number of unbranched alkanes of at least 4 members (excludes halogenated alkanes) is 1. The van der Waals surface area contributed by atoms with E-state index in [2.05, 4.69) is 47.2 Å². The normalized spacial score (nSPS) is 11.9. The van der Waals surface area contributed by atoms with Gasteiger partial charge in [-0.05, 0) is 86.1 Å². The number of hydrogen-bond donors (Lipinski definition) is 3. The summed E-state index contributed by atoms with van der Waals surface area (Å²) in [6.07, 6.45) is 4.45. The molecule has 0 unspecified atom stereocenters. The minimum atomic E-state index is -3.93. The molecule has 0 aliphatic heterocycles. The molecule has 2 aromatic carbocycles. The molecule has 0 radical (unpaired) electrons. The summed E-state index contributed by atoms with van der Waals surface area (Å²) in [5.41, 5.74) is 12.6. The SMILES string of the molecule is Cc1ccc2c(c1)nc(N)c1nccc(CCc3ccc(OCCCCP(=O)(O)O)cc3C)c12. The van der Waals surface area contributed by atoms with Crippen LogP contribution in [-0.4, -0.2) is 32.5 Å².